The van der Waals surface area contributed by atoms with E-state index in [9.17, 15) is 8.78 Å². The predicted octanol–water partition coefficient (Wildman–Crippen LogP) is 2.69. The van der Waals surface area contributed by atoms with Crippen molar-refractivity contribution in [2.45, 2.75) is 13.3 Å². The summed E-state index contributed by atoms with van der Waals surface area (Å²) in [6.45, 7) is 1.48. The molecule has 0 aliphatic carbocycles. The monoisotopic (exact) mass is 193 g/mol. The van der Waals surface area contributed by atoms with Crippen molar-refractivity contribution in [3.63, 3.8) is 0 Å². The van der Waals surface area contributed by atoms with Gasteiger partial charge < -0.3 is 5.11 Å². The Morgan fingerprint density at radius 2 is 2.17 bits per heavy atom. The number of aromatic hydroxyl groups is 1. The molecule has 0 bridgehead atoms. The summed E-state index contributed by atoms with van der Waals surface area (Å²) < 4.78 is 24.2. The lowest BCUT2D eigenvalue weighted by molar-refractivity contribution is 0.150. The molecular weight excluding hydrogens is 188 g/mol. The first-order valence-electron chi connectivity index (χ1n) is 3.16. The molecule has 0 atom stereocenters. The molecule has 1 aromatic heterocycles. The van der Waals surface area contributed by atoms with E-state index < -0.39 is 12.0 Å². The number of pyridine rings is 1. The summed E-state index contributed by atoms with van der Waals surface area (Å²) in [6, 6.07) is 0.926. The topological polar surface area (TPSA) is 33.1 Å². The van der Waals surface area contributed by atoms with Gasteiger partial charge in [-0.1, -0.05) is 11.6 Å². The van der Waals surface area contributed by atoms with Crippen molar-refractivity contribution in [3.8, 4) is 5.75 Å². The quantitative estimate of drug-likeness (QED) is 0.696. The highest BCUT2D eigenvalue weighted by Crippen LogP contribution is 2.29. The summed E-state index contributed by atoms with van der Waals surface area (Å²) in [7, 11) is 0. The van der Waals surface area contributed by atoms with Gasteiger partial charge in [0.05, 0.1) is 11.3 Å². The first-order valence-corrected chi connectivity index (χ1v) is 3.54. The summed E-state index contributed by atoms with van der Waals surface area (Å²) in [5, 5.41) is 8.76. The van der Waals surface area contributed by atoms with Gasteiger partial charge in [0.1, 0.15) is 10.9 Å². The Morgan fingerprint density at radius 3 is 2.67 bits per heavy atom. The number of alkyl halides is 2. The second kappa shape index (κ2) is 3.23. The van der Waals surface area contributed by atoms with Gasteiger partial charge in [-0.15, -0.1) is 0 Å². The molecule has 66 valence electrons. The Labute approximate surface area is 72.8 Å². The molecule has 0 amide bonds. The van der Waals surface area contributed by atoms with Crippen molar-refractivity contribution in [2.75, 3.05) is 0 Å². The Balaban J connectivity index is 3.23. The van der Waals surface area contributed by atoms with Crippen LogP contribution in [0.5, 0.6) is 5.75 Å². The Kier molecular flexibility index (Phi) is 2.47. The number of halogens is 3. The first-order chi connectivity index (χ1) is 5.52. The number of hydrogen-bond acceptors (Lipinski definition) is 2. The molecule has 0 aliphatic heterocycles. The number of aromatic nitrogens is 1. The molecule has 5 heteroatoms. The van der Waals surface area contributed by atoms with E-state index in [1.54, 1.807) is 0 Å². The predicted molar refractivity (Wildman–Crippen MR) is 40.6 cm³/mol. The number of hydrogen-bond donors (Lipinski definition) is 1. The van der Waals surface area contributed by atoms with Crippen LogP contribution < -0.4 is 0 Å². The molecule has 0 fully saturated rings. The van der Waals surface area contributed by atoms with E-state index in [0.717, 1.165) is 6.07 Å². The zero-order valence-electron chi connectivity index (χ0n) is 6.18. The van der Waals surface area contributed by atoms with Crippen LogP contribution in [0.25, 0.3) is 0 Å². The normalized spacial score (nSPS) is 10.8. The molecule has 0 unspecified atom stereocenters. The van der Waals surface area contributed by atoms with E-state index in [1.165, 1.54) is 6.92 Å². The molecule has 0 saturated carbocycles. The van der Waals surface area contributed by atoms with E-state index >= 15 is 0 Å². The molecule has 0 radical (unpaired) electrons. The highest BCUT2D eigenvalue weighted by atomic mass is 35.5. The summed E-state index contributed by atoms with van der Waals surface area (Å²) in [4.78, 5) is 3.53. The Bertz CT molecular complexity index is 304. The van der Waals surface area contributed by atoms with Crippen molar-refractivity contribution >= 4 is 11.6 Å². The van der Waals surface area contributed by atoms with E-state index in [2.05, 4.69) is 4.98 Å². The van der Waals surface area contributed by atoms with Crippen LogP contribution in [0.15, 0.2) is 6.07 Å². The van der Waals surface area contributed by atoms with E-state index in [4.69, 9.17) is 16.7 Å². The third-order valence-electron chi connectivity index (χ3n) is 1.40. The Morgan fingerprint density at radius 1 is 1.58 bits per heavy atom. The van der Waals surface area contributed by atoms with Crippen molar-refractivity contribution in [1.29, 1.82) is 0 Å². The molecule has 0 saturated heterocycles. The second-order valence-corrected chi connectivity index (χ2v) is 2.63. The third kappa shape index (κ3) is 1.64. The third-order valence-corrected chi connectivity index (χ3v) is 1.70. The lowest BCUT2D eigenvalue weighted by Crippen LogP contribution is -1.91. The Hall–Kier alpha value is -0.900. The smallest absolute Gasteiger partial charge is 0.266 e. The van der Waals surface area contributed by atoms with Crippen molar-refractivity contribution in [3.05, 3.63) is 22.5 Å². The highest BCUT2D eigenvalue weighted by Gasteiger charge is 2.15. The highest BCUT2D eigenvalue weighted by molar-refractivity contribution is 6.30. The average molecular weight is 194 g/mol. The molecule has 1 rings (SSSR count). The van der Waals surface area contributed by atoms with Gasteiger partial charge in [0.2, 0.25) is 0 Å². The van der Waals surface area contributed by atoms with Gasteiger partial charge >= 0.3 is 0 Å². The fourth-order valence-electron chi connectivity index (χ4n) is 0.733. The van der Waals surface area contributed by atoms with Gasteiger partial charge in [0.25, 0.3) is 6.43 Å². The van der Waals surface area contributed by atoms with Crippen LogP contribution in [0, 0.1) is 6.92 Å². The molecular formula is C7H6ClF2NO. The maximum absolute atomic E-state index is 12.1. The van der Waals surface area contributed by atoms with Crippen LogP contribution in [0.3, 0.4) is 0 Å². The maximum atomic E-state index is 12.1. The minimum Gasteiger partial charge on any atom is -0.506 e. The van der Waals surface area contributed by atoms with E-state index in [0.29, 0.717) is 0 Å². The first kappa shape index (κ1) is 9.19. The van der Waals surface area contributed by atoms with Crippen LogP contribution in [-0.2, 0) is 0 Å². The number of rotatable bonds is 1. The van der Waals surface area contributed by atoms with Gasteiger partial charge in [-0.05, 0) is 13.0 Å². The zero-order chi connectivity index (χ0) is 9.30. The molecule has 1 heterocycles. The van der Waals surface area contributed by atoms with Gasteiger partial charge in [-0.3, -0.25) is 0 Å². The van der Waals surface area contributed by atoms with Crippen molar-refractivity contribution in [2.24, 2.45) is 0 Å². The number of nitrogens with zero attached hydrogens (tertiary/aromatic N) is 1. The SMILES string of the molecule is Cc1nc(Cl)c(C(F)F)cc1O. The van der Waals surface area contributed by atoms with Gasteiger partial charge in [-0.25, -0.2) is 13.8 Å². The summed E-state index contributed by atoms with van der Waals surface area (Å²) in [5.41, 5.74) is -0.204. The fraction of sp³-hybridized carbons (Fsp3) is 0.286. The summed E-state index contributed by atoms with van der Waals surface area (Å²) in [5.74, 6) is -0.269. The fourth-order valence-corrected chi connectivity index (χ4v) is 0.997. The maximum Gasteiger partial charge on any atom is 0.266 e. The van der Waals surface area contributed by atoms with Gasteiger partial charge in [-0.2, -0.15) is 0 Å². The molecule has 1 N–H and O–H groups in total. The largest absolute Gasteiger partial charge is 0.506 e. The van der Waals surface area contributed by atoms with Crippen LogP contribution in [-0.4, -0.2) is 10.1 Å². The van der Waals surface area contributed by atoms with Gasteiger partial charge in [0, 0.05) is 0 Å². The number of aryl methyl sites for hydroxylation is 1. The molecule has 2 nitrogen and oxygen atoms in total. The van der Waals surface area contributed by atoms with Crippen LogP contribution in [0.1, 0.15) is 17.7 Å². The molecule has 0 spiro atoms. The second-order valence-electron chi connectivity index (χ2n) is 2.27. The molecule has 0 aromatic carbocycles. The molecule has 12 heavy (non-hydrogen) atoms. The lowest BCUT2D eigenvalue weighted by atomic mass is 10.2. The summed E-state index contributed by atoms with van der Waals surface area (Å²) in [6.07, 6.45) is -2.71. The zero-order valence-corrected chi connectivity index (χ0v) is 6.94. The standard InChI is InChI=1S/C7H6ClF2NO/c1-3-5(12)2-4(7(9)10)6(8)11-3/h2,7,12H,1H3. The van der Waals surface area contributed by atoms with Crippen LogP contribution >= 0.6 is 11.6 Å². The molecule has 0 aliphatic rings. The van der Waals surface area contributed by atoms with Gasteiger partial charge in [0.15, 0.2) is 0 Å². The van der Waals surface area contributed by atoms with Crippen molar-refractivity contribution < 1.29 is 13.9 Å². The minimum absolute atomic E-state index is 0.240. The molecule has 1 aromatic rings. The van der Waals surface area contributed by atoms with E-state index in [-0.39, 0.29) is 16.6 Å². The van der Waals surface area contributed by atoms with E-state index in [1.807, 2.05) is 0 Å². The van der Waals surface area contributed by atoms with Crippen LogP contribution in [0.2, 0.25) is 5.15 Å². The van der Waals surface area contributed by atoms with Crippen molar-refractivity contribution in [1.82, 2.24) is 4.98 Å². The average Bonchev–Trinajstić information content (AvgIpc) is 1.96. The minimum atomic E-state index is -2.71. The summed E-state index contributed by atoms with van der Waals surface area (Å²) >= 11 is 5.39. The lowest BCUT2D eigenvalue weighted by Gasteiger charge is -2.04. The van der Waals surface area contributed by atoms with Crippen LogP contribution in [0.4, 0.5) is 8.78 Å².